The molecule has 0 amide bonds. The van der Waals surface area contributed by atoms with Gasteiger partial charge in [-0.05, 0) is 98.1 Å². The maximum absolute atomic E-state index is 14.1. The van der Waals surface area contributed by atoms with E-state index in [0.29, 0.717) is 32.1 Å². The second-order valence-electron chi connectivity index (χ2n) is 18.0. The van der Waals surface area contributed by atoms with Gasteiger partial charge >= 0.3 is 11.9 Å². The van der Waals surface area contributed by atoms with Crippen molar-refractivity contribution in [2.75, 3.05) is 0 Å². The zero-order valence-electron chi connectivity index (χ0n) is 33.3. The number of carbonyl (C=O) groups is 2. The summed E-state index contributed by atoms with van der Waals surface area (Å²) in [5.41, 5.74) is -7.81. The molecule has 2 bridgehead atoms. The number of aliphatic hydroxyl groups excluding tert-OH is 3. The van der Waals surface area contributed by atoms with Crippen molar-refractivity contribution in [3.05, 3.63) is 80.0 Å². The molecule has 12 nitrogen and oxygen atoms in total. The molecule has 7 N–H and O–H groups in total. The lowest BCUT2D eigenvalue weighted by Gasteiger charge is -2.74. The molecular formula is C45H58N4O8. The average Bonchev–Trinajstić information content (AvgIpc) is 3.39. The highest BCUT2D eigenvalue weighted by molar-refractivity contribution is 6.09. The van der Waals surface area contributed by atoms with Gasteiger partial charge in [0.25, 0.3) is 0 Å². The van der Waals surface area contributed by atoms with Gasteiger partial charge in [-0.3, -0.25) is 5.41 Å². The Hall–Kier alpha value is -4.32. The van der Waals surface area contributed by atoms with Gasteiger partial charge in [0.1, 0.15) is 0 Å². The van der Waals surface area contributed by atoms with Crippen LogP contribution < -0.4 is 0 Å². The van der Waals surface area contributed by atoms with Crippen LogP contribution in [0.2, 0.25) is 0 Å². The van der Waals surface area contributed by atoms with Crippen molar-refractivity contribution >= 4 is 36.5 Å². The van der Waals surface area contributed by atoms with Crippen LogP contribution in [0.15, 0.2) is 80.0 Å². The Bertz CT molecular complexity index is 1900. The van der Waals surface area contributed by atoms with Crippen LogP contribution >= 0.6 is 0 Å². The second-order valence-corrected chi connectivity index (χ2v) is 18.0. The molecule has 1 spiro atoms. The van der Waals surface area contributed by atoms with Crippen LogP contribution in [0.25, 0.3) is 0 Å². The van der Waals surface area contributed by atoms with Crippen molar-refractivity contribution in [2.24, 2.45) is 50.2 Å². The van der Waals surface area contributed by atoms with Gasteiger partial charge in [0.05, 0.1) is 39.8 Å². The summed E-state index contributed by atoms with van der Waals surface area (Å²) in [4.78, 5) is 27.9. The molecule has 0 aromatic heterocycles. The minimum Gasteiger partial charge on any atom is -0.454 e. The Morgan fingerprint density at radius 2 is 1.37 bits per heavy atom. The fourth-order valence-electron chi connectivity index (χ4n) is 13.8. The molecule has 3 unspecified atom stereocenters. The molecule has 0 radical (unpaired) electrons. The molecule has 306 valence electrons. The number of fused-ring (bicyclic) bond motifs is 4. The molecule has 1 aliphatic heterocycles. The van der Waals surface area contributed by atoms with Gasteiger partial charge in [-0.2, -0.15) is 0 Å². The molecule has 5 aliphatic carbocycles. The van der Waals surface area contributed by atoms with Gasteiger partial charge < -0.3 is 45.8 Å². The number of ether oxygens (including phenoxy) is 3. The zero-order valence-corrected chi connectivity index (χ0v) is 33.3. The quantitative estimate of drug-likeness (QED) is 0.0410. The zero-order chi connectivity index (χ0) is 42.0. The standard InChI is InChI=1S/C45H58N4O8/c1-8-12-27(24-47)36(52)55-34-35(56-37(53)28(25-48)13-9-2)45-31(22-41(34,10-3)20-21-46)44(57-38(45)54)19-15-30-40(7)17-16-32(50)39(5,6)29(40)14-18-42(30,26-49)43(44,11-4)23-33(45)51/h8-13,20,24-26,29-35,38,46-51,54H,1-4,14-19,22-23H2,5-7H3/b27-12-,28-13-,47-24?,48-25?,49-26?/t29?,30?,31?,32-,33+,34-,35-,38-,40-,41+,42-,43-,44-,45+/m0/s1. The summed E-state index contributed by atoms with van der Waals surface area (Å²) < 4.78 is 19.5. The van der Waals surface area contributed by atoms with Crippen LogP contribution in [0.4, 0.5) is 0 Å². The first-order chi connectivity index (χ1) is 27.0. The maximum Gasteiger partial charge on any atom is 0.340 e. The number of rotatable bonds is 12. The van der Waals surface area contributed by atoms with E-state index < -0.39 is 75.8 Å². The summed E-state index contributed by atoms with van der Waals surface area (Å²) in [6, 6.07) is 0. The lowest BCUT2D eigenvalue weighted by molar-refractivity contribution is -0.287. The molecule has 0 aromatic carbocycles. The van der Waals surface area contributed by atoms with Gasteiger partial charge in [-0.25, -0.2) is 9.59 Å². The normalized spacial score (nSPS) is 45.4. The average molecular weight is 783 g/mol. The molecule has 6 fully saturated rings. The highest BCUT2D eigenvalue weighted by atomic mass is 16.6. The van der Waals surface area contributed by atoms with Gasteiger partial charge in [0.15, 0.2) is 18.5 Å². The van der Waals surface area contributed by atoms with Crippen molar-refractivity contribution < 1.29 is 39.1 Å². The maximum atomic E-state index is 14.1. The van der Waals surface area contributed by atoms with Crippen molar-refractivity contribution in [1.82, 2.24) is 0 Å². The summed E-state index contributed by atoms with van der Waals surface area (Å²) in [6.07, 6.45) is 9.43. The third-order valence-corrected chi connectivity index (χ3v) is 16.2. The third-order valence-electron chi connectivity index (χ3n) is 16.2. The van der Waals surface area contributed by atoms with Crippen LogP contribution in [0, 0.1) is 71.9 Å². The van der Waals surface area contributed by atoms with Gasteiger partial charge in [-0.1, -0.05) is 58.2 Å². The molecule has 6 rings (SSSR count). The molecule has 1 heterocycles. The fraction of sp³-hybridized carbons (Fsp3) is 0.578. The second kappa shape index (κ2) is 14.5. The number of allylic oxidation sites excluding steroid dienone is 4. The molecule has 14 atom stereocenters. The van der Waals surface area contributed by atoms with E-state index in [2.05, 4.69) is 53.0 Å². The largest absolute Gasteiger partial charge is 0.454 e. The lowest BCUT2D eigenvalue weighted by atomic mass is 9.29. The van der Waals surface area contributed by atoms with Gasteiger partial charge in [0.2, 0.25) is 0 Å². The minimum absolute atomic E-state index is 0.0129. The summed E-state index contributed by atoms with van der Waals surface area (Å²) in [5.74, 6) is -0.475. The minimum atomic E-state index is -1.85. The predicted molar refractivity (Wildman–Crippen MR) is 216 cm³/mol. The molecule has 12 heteroatoms. The van der Waals surface area contributed by atoms with E-state index >= 15 is 0 Å². The Morgan fingerprint density at radius 1 is 0.772 bits per heavy atom. The van der Waals surface area contributed by atoms with Crippen LogP contribution in [0.3, 0.4) is 0 Å². The van der Waals surface area contributed by atoms with Crippen LogP contribution in [0.1, 0.15) is 72.1 Å². The monoisotopic (exact) mass is 782 g/mol. The fourth-order valence-corrected chi connectivity index (χ4v) is 13.8. The first kappa shape index (κ1) is 42.3. The van der Waals surface area contributed by atoms with E-state index in [1.807, 2.05) is 6.08 Å². The topological polar surface area (TPSA) is 218 Å². The summed E-state index contributed by atoms with van der Waals surface area (Å²) in [5, 5.41) is 70.2. The molecule has 5 saturated carbocycles. The molecule has 57 heavy (non-hydrogen) atoms. The SMILES string of the molecule is C=C/C=C(/C=N)C(=O)O[C@H]1[C@H](OC(=O)/C(C=N)=C\C=C)[C@@]23C(C[C@@]1(C=C)C=C=N)[C@]1(CCC4[C@@]5(C)CC[C@H](O)C(C)(C)C5CC[C@@]4(C=N)[C@]1(C=C)C[C@H]2O)O[C@@H]3O. The first-order valence-corrected chi connectivity index (χ1v) is 19.8. The Labute approximate surface area is 335 Å². The van der Waals surface area contributed by atoms with Crippen LogP contribution in [-0.4, -0.2) is 88.1 Å². The van der Waals surface area contributed by atoms with E-state index in [4.69, 9.17) is 30.4 Å². The van der Waals surface area contributed by atoms with Crippen LogP contribution in [0.5, 0.6) is 0 Å². The molecular weight excluding hydrogens is 725 g/mol. The van der Waals surface area contributed by atoms with Crippen molar-refractivity contribution in [1.29, 1.82) is 21.6 Å². The predicted octanol–water partition coefficient (Wildman–Crippen LogP) is 5.98. The van der Waals surface area contributed by atoms with Crippen molar-refractivity contribution in [3.63, 3.8) is 0 Å². The number of nitrogens with one attached hydrogen (secondary N) is 4. The van der Waals surface area contributed by atoms with Crippen molar-refractivity contribution in [3.8, 4) is 0 Å². The van der Waals surface area contributed by atoms with Gasteiger partial charge in [-0.15, -0.1) is 13.2 Å². The smallest absolute Gasteiger partial charge is 0.340 e. The lowest BCUT2D eigenvalue weighted by Crippen LogP contribution is -2.78. The summed E-state index contributed by atoms with van der Waals surface area (Å²) in [7, 11) is 0. The summed E-state index contributed by atoms with van der Waals surface area (Å²) in [6.45, 7) is 22.3. The van der Waals surface area contributed by atoms with E-state index in [1.54, 1.807) is 0 Å². The van der Waals surface area contributed by atoms with E-state index in [1.165, 1.54) is 42.7 Å². The Balaban J connectivity index is 1.61. The first-order valence-electron chi connectivity index (χ1n) is 19.8. The highest BCUT2D eigenvalue weighted by Gasteiger charge is 2.87. The molecule has 0 aromatic rings. The summed E-state index contributed by atoms with van der Waals surface area (Å²) >= 11 is 0. The molecule has 6 aliphatic rings. The van der Waals surface area contributed by atoms with E-state index in [0.717, 1.165) is 18.9 Å². The Kier molecular flexibility index (Phi) is 10.8. The number of hydrogen-bond acceptors (Lipinski definition) is 12. The number of aliphatic hydroxyl groups is 3. The number of hydrogen-bond donors (Lipinski definition) is 7. The van der Waals surface area contributed by atoms with Gasteiger partial charge in [0, 0.05) is 35.4 Å². The van der Waals surface area contributed by atoms with Crippen molar-refractivity contribution in [2.45, 2.75) is 108 Å². The van der Waals surface area contributed by atoms with E-state index in [-0.39, 0.29) is 46.7 Å². The Morgan fingerprint density at radius 3 is 1.89 bits per heavy atom. The third kappa shape index (κ3) is 5.26. The molecule has 1 saturated heterocycles. The van der Waals surface area contributed by atoms with Crippen LogP contribution in [-0.2, 0) is 23.8 Å². The number of carbonyl (C=O) groups excluding carboxylic acids is 2. The van der Waals surface area contributed by atoms with E-state index in [9.17, 15) is 30.3 Å². The number of esters is 2. The highest BCUT2D eigenvalue weighted by Crippen LogP contribution is 2.82.